The third-order valence-corrected chi connectivity index (χ3v) is 4.53. The summed E-state index contributed by atoms with van der Waals surface area (Å²) in [5.74, 6) is 0.853. The van der Waals surface area contributed by atoms with Gasteiger partial charge in [-0.05, 0) is 29.6 Å². The molecule has 6 heteroatoms. The highest BCUT2D eigenvalue weighted by Crippen LogP contribution is 2.28. The average Bonchev–Trinajstić information content (AvgIpc) is 3.09. The molecule has 1 aromatic carbocycles. The summed E-state index contributed by atoms with van der Waals surface area (Å²) in [4.78, 5) is 6.23. The van der Waals surface area contributed by atoms with E-state index < -0.39 is 5.82 Å². The average molecular weight is 306 g/mol. The van der Waals surface area contributed by atoms with E-state index in [1.165, 1.54) is 17.8 Å². The van der Waals surface area contributed by atoms with Gasteiger partial charge in [-0.15, -0.1) is 23.1 Å². The van der Waals surface area contributed by atoms with Gasteiger partial charge in [0.05, 0.1) is 16.3 Å². The van der Waals surface area contributed by atoms with E-state index in [9.17, 15) is 4.39 Å². The van der Waals surface area contributed by atoms with Crippen LogP contribution in [0.3, 0.4) is 0 Å². The Morgan fingerprint density at radius 3 is 3.00 bits per heavy atom. The van der Waals surface area contributed by atoms with Crippen LogP contribution in [0.4, 0.5) is 10.1 Å². The maximum absolute atomic E-state index is 13.3. The van der Waals surface area contributed by atoms with Crippen LogP contribution in [-0.4, -0.2) is 4.98 Å². The van der Waals surface area contributed by atoms with E-state index in [-0.39, 0.29) is 5.69 Å². The number of hydrogen-bond donors (Lipinski definition) is 1. The van der Waals surface area contributed by atoms with Crippen LogP contribution in [0.25, 0.3) is 10.8 Å². The van der Waals surface area contributed by atoms with E-state index in [0.29, 0.717) is 11.6 Å². The van der Waals surface area contributed by atoms with Gasteiger partial charge in [-0.2, -0.15) is 0 Å². The minimum Gasteiger partial charge on any atom is -0.444 e. The number of nitrogens with zero attached hydrogens (tertiary/aromatic N) is 1. The van der Waals surface area contributed by atoms with Crippen molar-refractivity contribution >= 4 is 28.8 Å². The number of hydrogen-bond acceptors (Lipinski definition) is 5. The number of nitrogen functional groups attached to an aromatic ring is 1. The molecule has 0 saturated heterocycles. The molecule has 0 aliphatic rings. The fourth-order valence-electron chi connectivity index (χ4n) is 1.64. The molecule has 3 nitrogen and oxygen atoms in total. The summed E-state index contributed by atoms with van der Waals surface area (Å²) in [7, 11) is 0. The van der Waals surface area contributed by atoms with Gasteiger partial charge >= 0.3 is 0 Å². The summed E-state index contributed by atoms with van der Waals surface area (Å²) >= 11 is 3.07. The molecule has 2 aromatic heterocycles. The second kappa shape index (κ2) is 5.68. The van der Waals surface area contributed by atoms with Gasteiger partial charge in [-0.3, -0.25) is 0 Å². The first-order chi connectivity index (χ1) is 9.72. The van der Waals surface area contributed by atoms with Crippen molar-refractivity contribution in [2.45, 2.75) is 10.6 Å². The molecule has 0 aliphatic carbocycles. The molecule has 0 spiro atoms. The van der Waals surface area contributed by atoms with Crippen molar-refractivity contribution in [3.63, 3.8) is 0 Å². The smallest absolute Gasteiger partial charge is 0.236 e. The number of aromatic nitrogens is 1. The van der Waals surface area contributed by atoms with Crippen molar-refractivity contribution in [3.05, 3.63) is 53.5 Å². The summed E-state index contributed by atoms with van der Waals surface area (Å²) in [5, 5.41) is 1.98. The fourth-order valence-corrected chi connectivity index (χ4v) is 3.10. The zero-order valence-corrected chi connectivity index (χ0v) is 12.0. The van der Waals surface area contributed by atoms with E-state index in [0.717, 1.165) is 15.5 Å². The van der Waals surface area contributed by atoms with Crippen LogP contribution in [0.15, 0.2) is 51.3 Å². The number of rotatable bonds is 4. The van der Waals surface area contributed by atoms with Crippen LogP contribution in [0.1, 0.15) is 5.69 Å². The largest absolute Gasteiger partial charge is 0.444 e. The summed E-state index contributed by atoms with van der Waals surface area (Å²) in [5.41, 5.74) is 6.44. The Kier molecular flexibility index (Phi) is 3.75. The van der Waals surface area contributed by atoms with Crippen LogP contribution in [-0.2, 0) is 5.75 Å². The van der Waals surface area contributed by atoms with Gasteiger partial charge in [0.15, 0.2) is 0 Å². The fraction of sp³-hybridized carbons (Fsp3) is 0.0714. The van der Waals surface area contributed by atoms with E-state index in [1.807, 2.05) is 17.5 Å². The Bertz CT molecular complexity index is 710. The minimum atomic E-state index is -0.394. The number of nitrogens with two attached hydrogens (primary N) is 1. The first kappa shape index (κ1) is 13.2. The topological polar surface area (TPSA) is 52.0 Å². The second-order valence-electron chi connectivity index (χ2n) is 4.09. The van der Waals surface area contributed by atoms with Gasteiger partial charge in [-0.25, -0.2) is 9.37 Å². The number of thioether (sulfide) groups is 1. The Morgan fingerprint density at radius 2 is 2.25 bits per heavy atom. The van der Waals surface area contributed by atoms with Gasteiger partial charge < -0.3 is 10.2 Å². The standard InChI is InChI=1S/C14H11FN2OS2/c15-11-6-10(3-4-12(11)16)20-8-9-7-18-14(17-9)13-2-1-5-19-13/h1-7H,8,16H2. The molecular formula is C14H11FN2OS2. The maximum Gasteiger partial charge on any atom is 0.236 e. The molecule has 0 amide bonds. The third-order valence-electron chi connectivity index (χ3n) is 2.64. The lowest BCUT2D eigenvalue weighted by atomic mass is 10.3. The molecule has 3 rings (SSSR count). The predicted octanol–water partition coefficient (Wildman–Crippen LogP) is 4.42. The third kappa shape index (κ3) is 2.86. The number of oxazole rings is 1. The van der Waals surface area contributed by atoms with E-state index in [4.69, 9.17) is 10.2 Å². The quantitative estimate of drug-likeness (QED) is 0.573. The molecule has 102 valence electrons. The zero-order chi connectivity index (χ0) is 13.9. The van der Waals surface area contributed by atoms with Crippen molar-refractivity contribution in [1.82, 2.24) is 4.98 Å². The summed E-state index contributed by atoms with van der Waals surface area (Å²) in [6.45, 7) is 0. The van der Waals surface area contributed by atoms with Crippen LogP contribution < -0.4 is 5.73 Å². The van der Waals surface area contributed by atoms with Crippen molar-refractivity contribution in [2.75, 3.05) is 5.73 Å². The molecular weight excluding hydrogens is 295 g/mol. The first-order valence-electron chi connectivity index (χ1n) is 5.88. The number of anilines is 1. The highest BCUT2D eigenvalue weighted by Gasteiger charge is 2.08. The molecule has 2 N–H and O–H groups in total. The van der Waals surface area contributed by atoms with Gasteiger partial charge in [-0.1, -0.05) is 6.07 Å². The van der Waals surface area contributed by atoms with Crippen molar-refractivity contribution in [2.24, 2.45) is 0 Å². The summed E-state index contributed by atoms with van der Waals surface area (Å²) in [6.07, 6.45) is 1.63. The van der Waals surface area contributed by atoms with Gasteiger partial charge in [0.1, 0.15) is 12.1 Å². The van der Waals surface area contributed by atoms with Crippen molar-refractivity contribution in [1.29, 1.82) is 0 Å². The van der Waals surface area contributed by atoms with Crippen LogP contribution in [0, 0.1) is 5.82 Å². The number of benzene rings is 1. The van der Waals surface area contributed by atoms with Crippen LogP contribution in [0.5, 0.6) is 0 Å². The lowest BCUT2D eigenvalue weighted by Gasteiger charge is -2.01. The van der Waals surface area contributed by atoms with Gasteiger partial charge in [0, 0.05) is 10.6 Å². The number of halogens is 1. The monoisotopic (exact) mass is 306 g/mol. The SMILES string of the molecule is Nc1ccc(SCc2coc(-c3cccs3)n2)cc1F. The van der Waals surface area contributed by atoms with Gasteiger partial charge in [0.25, 0.3) is 0 Å². The van der Waals surface area contributed by atoms with Crippen LogP contribution in [0.2, 0.25) is 0 Å². The molecule has 0 fully saturated rings. The Labute approximate surface area is 123 Å². The molecule has 0 bridgehead atoms. The molecule has 0 atom stereocenters. The molecule has 0 saturated carbocycles. The lowest BCUT2D eigenvalue weighted by molar-refractivity contribution is 0.575. The number of thiophene rings is 1. The van der Waals surface area contributed by atoms with Crippen molar-refractivity contribution in [3.8, 4) is 10.8 Å². The second-order valence-corrected chi connectivity index (χ2v) is 6.09. The highest BCUT2D eigenvalue weighted by molar-refractivity contribution is 7.98. The molecule has 20 heavy (non-hydrogen) atoms. The Morgan fingerprint density at radius 1 is 1.35 bits per heavy atom. The molecule has 2 heterocycles. The van der Waals surface area contributed by atoms with E-state index >= 15 is 0 Å². The van der Waals surface area contributed by atoms with E-state index in [2.05, 4.69) is 4.98 Å². The molecule has 0 unspecified atom stereocenters. The summed E-state index contributed by atoms with van der Waals surface area (Å²) < 4.78 is 18.8. The molecule has 3 aromatic rings. The lowest BCUT2D eigenvalue weighted by Crippen LogP contribution is -1.90. The van der Waals surface area contributed by atoms with Crippen molar-refractivity contribution < 1.29 is 8.81 Å². The first-order valence-corrected chi connectivity index (χ1v) is 7.75. The van der Waals surface area contributed by atoms with Crippen LogP contribution >= 0.6 is 23.1 Å². The summed E-state index contributed by atoms with van der Waals surface area (Å²) in [6, 6.07) is 8.71. The normalized spacial score (nSPS) is 10.8. The van der Waals surface area contributed by atoms with Gasteiger partial charge in [0.2, 0.25) is 5.89 Å². The predicted molar refractivity (Wildman–Crippen MR) is 80.2 cm³/mol. The molecule has 0 aliphatic heterocycles. The Hall–Kier alpha value is -1.79. The van der Waals surface area contributed by atoms with E-state index in [1.54, 1.807) is 29.7 Å². The Balaban J connectivity index is 1.68. The highest BCUT2D eigenvalue weighted by atomic mass is 32.2. The maximum atomic E-state index is 13.3. The minimum absolute atomic E-state index is 0.163. The zero-order valence-electron chi connectivity index (χ0n) is 10.4. The molecule has 0 radical (unpaired) electrons.